The number of amides is 4. The van der Waals surface area contributed by atoms with Gasteiger partial charge in [-0.2, -0.15) is 0 Å². The number of carbonyl (C=O) groups excluding carboxylic acids is 3. The summed E-state index contributed by atoms with van der Waals surface area (Å²) in [6, 6.07) is 15.6. The molecular formula is C29H37N5O5. The number of piperazine rings is 1. The van der Waals surface area contributed by atoms with Crippen LogP contribution in [0, 0.1) is 0 Å². The fourth-order valence-electron chi connectivity index (χ4n) is 4.97. The highest BCUT2D eigenvalue weighted by Crippen LogP contribution is 2.34. The molecule has 1 fully saturated rings. The Morgan fingerprint density at radius 2 is 1.79 bits per heavy atom. The molecule has 0 spiro atoms. The first-order valence-electron chi connectivity index (χ1n) is 13.4. The third-order valence-electron chi connectivity index (χ3n) is 6.92. The van der Waals surface area contributed by atoms with E-state index >= 15 is 0 Å². The Bertz CT molecular complexity index is 1220. The summed E-state index contributed by atoms with van der Waals surface area (Å²) in [7, 11) is 1.66. The van der Waals surface area contributed by atoms with Crippen LogP contribution in [0.2, 0.25) is 0 Å². The van der Waals surface area contributed by atoms with Gasteiger partial charge >= 0.3 is 18.0 Å². The van der Waals surface area contributed by atoms with E-state index in [0.717, 1.165) is 0 Å². The second-order valence-electron chi connectivity index (χ2n) is 9.62. The van der Waals surface area contributed by atoms with Crippen LogP contribution in [0.4, 0.5) is 9.59 Å². The van der Waals surface area contributed by atoms with Crippen molar-refractivity contribution in [2.45, 2.75) is 32.9 Å². The van der Waals surface area contributed by atoms with Gasteiger partial charge in [0.25, 0.3) is 0 Å². The molecule has 0 unspecified atom stereocenters. The van der Waals surface area contributed by atoms with Gasteiger partial charge in [0.05, 0.1) is 18.2 Å². The second kappa shape index (κ2) is 12.7. The summed E-state index contributed by atoms with van der Waals surface area (Å²) in [5, 5.41) is 5.83. The van der Waals surface area contributed by atoms with Gasteiger partial charge in [-0.3, -0.25) is 9.80 Å². The van der Waals surface area contributed by atoms with Crippen molar-refractivity contribution in [2.75, 3.05) is 46.4 Å². The van der Waals surface area contributed by atoms with Crippen molar-refractivity contribution >= 4 is 18.0 Å². The van der Waals surface area contributed by atoms with Crippen molar-refractivity contribution in [3.8, 4) is 11.5 Å². The highest BCUT2D eigenvalue weighted by molar-refractivity contribution is 5.95. The molecule has 10 heteroatoms. The zero-order valence-corrected chi connectivity index (χ0v) is 23.0. The van der Waals surface area contributed by atoms with Crippen molar-refractivity contribution in [1.82, 2.24) is 25.3 Å². The maximum atomic E-state index is 13.4. The number of hydrogen-bond donors (Lipinski definition) is 2. The number of ether oxygens (including phenoxy) is 2. The molecule has 2 N–H and O–H groups in total. The van der Waals surface area contributed by atoms with Crippen molar-refractivity contribution in [3.63, 3.8) is 0 Å². The molecule has 2 heterocycles. The number of rotatable bonds is 8. The molecule has 4 amide bonds. The van der Waals surface area contributed by atoms with E-state index in [1.807, 2.05) is 73.3 Å². The van der Waals surface area contributed by atoms with E-state index in [2.05, 4.69) is 15.5 Å². The van der Waals surface area contributed by atoms with E-state index in [1.54, 1.807) is 14.0 Å². The van der Waals surface area contributed by atoms with E-state index in [4.69, 9.17) is 9.47 Å². The zero-order valence-electron chi connectivity index (χ0n) is 23.0. The fourth-order valence-corrected chi connectivity index (χ4v) is 4.97. The molecule has 2 aliphatic rings. The summed E-state index contributed by atoms with van der Waals surface area (Å²) in [6.07, 6.45) is 0. The third-order valence-corrected chi connectivity index (χ3v) is 6.92. The molecule has 2 atom stereocenters. The van der Waals surface area contributed by atoms with E-state index in [-0.39, 0.29) is 24.7 Å². The van der Waals surface area contributed by atoms with Crippen molar-refractivity contribution in [2.24, 2.45) is 0 Å². The highest BCUT2D eigenvalue weighted by atomic mass is 16.5. The lowest BCUT2D eigenvalue weighted by molar-refractivity contribution is -0.139. The lowest BCUT2D eigenvalue weighted by atomic mass is 9.94. The van der Waals surface area contributed by atoms with Crippen LogP contribution >= 0.6 is 0 Å². The molecular weight excluding hydrogens is 498 g/mol. The number of para-hydroxylation sites is 1. The minimum absolute atomic E-state index is 0.0257. The van der Waals surface area contributed by atoms with Crippen molar-refractivity contribution in [1.29, 1.82) is 0 Å². The Balaban J connectivity index is 1.64. The average Bonchev–Trinajstić information content (AvgIpc) is 2.92. The van der Waals surface area contributed by atoms with Gasteiger partial charge in [-0.1, -0.05) is 30.3 Å². The first-order valence-corrected chi connectivity index (χ1v) is 13.4. The van der Waals surface area contributed by atoms with Crippen LogP contribution in [-0.4, -0.2) is 85.2 Å². The van der Waals surface area contributed by atoms with Crippen molar-refractivity contribution < 1.29 is 23.9 Å². The molecule has 4 rings (SSSR count). The molecule has 0 aliphatic carbocycles. The minimum atomic E-state index is -0.712. The Morgan fingerprint density at radius 1 is 1.05 bits per heavy atom. The van der Waals surface area contributed by atoms with Gasteiger partial charge in [-0.25, -0.2) is 14.4 Å². The summed E-state index contributed by atoms with van der Waals surface area (Å²) in [6.45, 7) is 8.57. The predicted octanol–water partition coefficient (Wildman–Crippen LogP) is 3.73. The molecule has 208 valence electrons. The van der Waals surface area contributed by atoms with Gasteiger partial charge in [0, 0.05) is 51.5 Å². The van der Waals surface area contributed by atoms with E-state index < -0.39 is 12.0 Å². The molecule has 2 aromatic rings. The van der Waals surface area contributed by atoms with Crippen LogP contribution in [0.5, 0.6) is 11.5 Å². The van der Waals surface area contributed by atoms with Gasteiger partial charge in [-0.05, 0) is 50.6 Å². The number of nitrogens with one attached hydrogen (secondary N) is 2. The number of carbonyl (C=O) groups is 3. The molecule has 1 saturated heterocycles. The van der Waals surface area contributed by atoms with Crippen LogP contribution < -0.4 is 15.4 Å². The molecule has 2 aliphatic heterocycles. The standard InChI is InChI=1S/C29H37N5O5/c1-5-30-28(36)34-16-15-33(18-20(34)3)19-24-25(27(35)38-6-2)26(31-29(37)32(24)4)21-11-10-14-23(17-21)39-22-12-8-7-9-13-22/h7-14,17,20,26H,5-6,15-16,18-19H2,1-4H3,(H,30,36)(H,31,37)/t20-,26-/m1/s1. The number of urea groups is 2. The normalized spacial score (nSPS) is 19.9. The molecule has 10 nitrogen and oxygen atoms in total. The van der Waals surface area contributed by atoms with Crippen molar-refractivity contribution in [3.05, 3.63) is 71.4 Å². The second-order valence-corrected chi connectivity index (χ2v) is 9.62. The Hall–Kier alpha value is -4.05. The topological polar surface area (TPSA) is 103 Å². The molecule has 0 radical (unpaired) electrons. The average molecular weight is 536 g/mol. The van der Waals surface area contributed by atoms with Crippen LogP contribution in [0.25, 0.3) is 0 Å². The quantitative estimate of drug-likeness (QED) is 0.500. The van der Waals surface area contributed by atoms with Crippen LogP contribution in [0.1, 0.15) is 32.4 Å². The monoisotopic (exact) mass is 535 g/mol. The zero-order chi connectivity index (χ0) is 27.9. The molecule has 2 aromatic carbocycles. The first-order chi connectivity index (χ1) is 18.8. The Labute approximate surface area is 229 Å². The highest BCUT2D eigenvalue weighted by Gasteiger charge is 2.38. The number of hydrogen-bond acceptors (Lipinski definition) is 6. The molecule has 0 saturated carbocycles. The maximum absolute atomic E-state index is 13.4. The summed E-state index contributed by atoms with van der Waals surface area (Å²) in [5.41, 5.74) is 1.67. The fraction of sp³-hybridized carbons (Fsp3) is 0.414. The Morgan fingerprint density at radius 3 is 2.49 bits per heavy atom. The van der Waals surface area contributed by atoms with E-state index in [9.17, 15) is 14.4 Å². The van der Waals surface area contributed by atoms with E-state index in [0.29, 0.717) is 61.1 Å². The summed E-state index contributed by atoms with van der Waals surface area (Å²) in [4.78, 5) is 44.4. The van der Waals surface area contributed by atoms with Crippen LogP contribution in [0.3, 0.4) is 0 Å². The van der Waals surface area contributed by atoms with Crippen LogP contribution in [-0.2, 0) is 9.53 Å². The third kappa shape index (κ3) is 6.51. The largest absolute Gasteiger partial charge is 0.463 e. The summed E-state index contributed by atoms with van der Waals surface area (Å²) < 4.78 is 11.5. The SMILES string of the molecule is CCNC(=O)N1CCN(CC2=C(C(=O)OCC)[C@@H](c3cccc(Oc4ccccc4)c3)NC(=O)N2C)C[C@H]1C. The van der Waals surface area contributed by atoms with Crippen LogP contribution in [0.15, 0.2) is 65.9 Å². The number of benzene rings is 2. The van der Waals surface area contributed by atoms with Gasteiger partial charge < -0.3 is 25.0 Å². The first kappa shape index (κ1) is 28.0. The number of likely N-dealkylation sites (N-methyl/N-ethyl adjacent to an activating group) is 1. The smallest absolute Gasteiger partial charge is 0.338 e. The lowest BCUT2D eigenvalue weighted by Gasteiger charge is -2.42. The van der Waals surface area contributed by atoms with Gasteiger partial charge in [0.1, 0.15) is 11.5 Å². The number of nitrogens with zero attached hydrogens (tertiary/aromatic N) is 3. The van der Waals surface area contributed by atoms with Gasteiger partial charge in [0.2, 0.25) is 0 Å². The maximum Gasteiger partial charge on any atom is 0.338 e. The molecule has 0 aromatic heterocycles. The van der Waals surface area contributed by atoms with E-state index in [1.165, 1.54) is 4.90 Å². The molecule has 39 heavy (non-hydrogen) atoms. The van der Waals surface area contributed by atoms with Gasteiger partial charge in [-0.15, -0.1) is 0 Å². The number of esters is 1. The summed E-state index contributed by atoms with van der Waals surface area (Å²) >= 11 is 0. The summed E-state index contributed by atoms with van der Waals surface area (Å²) in [5.74, 6) is 0.796. The molecule has 0 bridgehead atoms. The predicted molar refractivity (Wildman–Crippen MR) is 147 cm³/mol. The Kier molecular flexibility index (Phi) is 9.08. The van der Waals surface area contributed by atoms with Gasteiger partial charge in [0.15, 0.2) is 0 Å². The lowest BCUT2D eigenvalue weighted by Crippen LogP contribution is -2.57. The minimum Gasteiger partial charge on any atom is -0.463 e.